The van der Waals surface area contributed by atoms with Crippen LogP contribution in [0.1, 0.15) is 148 Å². The fourth-order valence-electron chi connectivity index (χ4n) is 7.03. The molecular weight excluding hydrogens is 796 g/mol. The summed E-state index contributed by atoms with van der Waals surface area (Å²) in [5.41, 5.74) is 0.929. The molecule has 2 amide bonds. The quantitative estimate of drug-likeness (QED) is 0.275. The number of carbonyl (C=O) groups is 2. The highest BCUT2D eigenvalue weighted by Crippen LogP contribution is 2.30. The Morgan fingerprint density at radius 2 is 1.19 bits per heavy atom. The number of halogens is 1. The Morgan fingerprint density at radius 1 is 0.707 bits per heavy atom. The first-order chi connectivity index (χ1) is 26.1. The van der Waals surface area contributed by atoms with Crippen LogP contribution in [0.15, 0.2) is 41.3 Å². The SMILES string of the molecule is C.CC(C)(C)OC(=O)N1CCN(c2ccc(C#N)cn2)C(C)(C)C1.CC1(C)CCCC(C)(C)N1.CC1(C)CCCN(C(=O)OC(C)(C)C)C1.N#Cc1ccc(Br)nc1. The van der Waals surface area contributed by atoms with Crippen LogP contribution in [0.3, 0.4) is 0 Å². The molecule has 3 aliphatic heterocycles. The van der Waals surface area contributed by atoms with Gasteiger partial charge in [-0.2, -0.15) is 10.5 Å². The molecule has 0 bridgehead atoms. The van der Waals surface area contributed by atoms with E-state index in [1.54, 1.807) is 29.3 Å². The van der Waals surface area contributed by atoms with E-state index in [0.717, 1.165) is 29.9 Å². The lowest BCUT2D eigenvalue weighted by molar-refractivity contribution is 0.00894. The number of ether oxygens (including phenoxy) is 2. The molecule has 0 spiro atoms. The van der Waals surface area contributed by atoms with Crippen LogP contribution < -0.4 is 10.2 Å². The predicted molar refractivity (Wildman–Crippen MR) is 238 cm³/mol. The predicted octanol–water partition coefficient (Wildman–Crippen LogP) is 10.5. The summed E-state index contributed by atoms with van der Waals surface area (Å²) in [4.78, 5) is 38.0. The minimum Gasteiger partial charge on any atom is -0.444 e. The maximum Gasteiger partial charge on any atom is 0.410 e. The van der Waals surface area contributed by atoms with Crippen molar-refractivity contribution >= 4 is 33.9 Å². The maximum atomic E-state index is 12.3. The van der Waals surface area contributed by atoms with Crippen molar-refractivity contribution in [2.45, 2.75) is 164 Å². The van der Waals surface area contributed by atoms with E-state index in [4.69, 9.17) is 20.0 Å². The lowest BCUT2D eigenvalue weighted by Crippen LogP contribution is -2.61. The first-order valence-corrected chi connectivity index (χ1v) is 20.8. The zero-order valence-electron chi connectivity index (χ0n) is 37.2. The summed E-state index contributed by atoms with van der Waals surface area (Å²) in [5.74, 6) is 0.817. The molecule has 3 saturated heterocycles. The van der Waals surface area contributed by atoms with E-state index >= 15 is 0 Å². The number of likely N-dealkylation sites (tertiary alicyclic amines) is 1. The molecule has 0 radical (unpaired) electrons. The van der Waals surface area contributed by atoms with E-state index in [2.05, 4.69) is 97.6 Å². The highest BCUT2D eigenvalue weighted by molar-refractivity contribution is 9.10. The van der Waals surface area contributed by atoms with Crippen molar-refractivity contribution in [3.05, 3.63) is 52.4 Å². The summed E-state index contributed by atoms with van der Waals surface area (Å²) in [5, 5.41) is 20.8. The molecule has 0 aliphatic carbocycles. The second-order valence-corrected chi connectivity index (χ2v) is 20.6. The zero-order chi connectivity index (χ0) is 43.5. The Labute approximate surface area is 359 Å². The number of piperazine rings is 1. The van der Waals surface area contributed by atoms with Crippen LogP contribution in [0.2, 0.25) is 0 Å². The van der Waals surface area contributed by atoms with Crippen molar-refractivity contribution in [2.75, 3.05) is 37.6 Å². The van der Waals surface area contributed by atoms with Gasteiger partial charge in [0.1, 0.15) is 33.8 Å². The van der Waals surface area contributed by atoms with Gasteiger partial charge in [-0.1, -0.05) is 21.3 Å². The standard InChI is InChI=1S/C17H24N4O2.C12H23NO2.C9H19N.C6H3BrN2.CH4/c1-16(2,3)23-15(22)20-8-9-21(17(4,5)12-20)14-7-6-13(10-18)11-19-14;1-11(2,3)15-10(14)13-8-6-7-12(4,5)9-13;1-8(2)6-5-7-9(3,4)10-8;7-6-2-1-5(3-8)4-9-6;/h6-7,11H,8-9,12H2,1-5H3;6-9H2,1-5H3;10H,5-7H2,1-4H3;1-2,4H;1H4. The minimum atomic E-state index is -0.493. The molecule has 3 aliphatic rings. The second-order valence-electron chi connectivity index (χ2n) is 19.8. The van der Waals surface area contributed by atoms with Gasteiger partial charge in [0, 0.05) is 56.2 Å². The zero-order valence-corrected chi connectivity index (χ0v) is 38.8. The molecule has 2 aromatic heterocycles. The average molecular weight is 870 g/mol. The van der Waals surface area contributed by atoms with Crippen molar-refractivity contribution in [2.24, 2.45) is 5.41 Å². The van der Waals surface area contributed by atoms with Gasteiger partial charge >= 0.3 is 12.2 Å². The minimum absolute atomic E-state index is 0. The number of hydrogen-bond acceptors (Lipinski definition) is 10. The monoisotopic (exact) mass is 868 g/mol. The van der Waals surface area contributed by atoms with Crippen LogP contribution in [0.5, 0.6) is 0 Å². The van der Waals surface area contributed by atoms with Crippen LogP contribution in [-0.4, -0.2) is 92.5 Å². The molecule has 324 valence electrons. The lowest BCUT2D eigenvalue weighted by atomic mass is 9.83. The number of aromatic nitrogens is 2. The van der Waals surface area contributed by atoms with Gasteiger partial charge in [0.15, 0.2) is 0 Å². The van der Waals surface area contributed by atoms with E-state index in [9.17, 15) is 9.59 Å². The molecule has 12 nitrogen and oxygen atoms in total. The normalized spacial score (nSPS) is 18.9. The molecule has 3 fully saturated rings. The first-order valence-electron chi connectivity index (χ1n) is 20.0. The number of rotatable bonds is 1. The number of pyridine rings is 2. The van der Waals surface area contributed by atoms with E-state index < -0.39 is 11.2 Å². The van der Waals surface area contributed by atoms with Crippen LogP contribution in [0, 0.1) is 28.1 Å². The van der Waals surface area contributed by atoms with Gasteiger partial charge in [0.05, 0.1) is 16.7 Å². The van der Waals surface area contributed by atoms with Gasteiger partial charge in [0.2, 0.25) is 0 Å². The van der Waals surface area contributed by atoms with E-state index in [-0.39, 0.29) is 30.6 Å². The summed E-state index contributed by atoms with van der Waals surface area (Å²) >= 11 is 3.15. The Morgan fingerprint density at radius 3 is 1.55 bits per heavy atom. The number of nitrogens with one attached hydrogen (secondary N) is 1. The topological polar surface area (TPSA) is 148 Å². The molecule has 13 heteroatoms. The molecule has 5 rings (SSSR count). The van der Waals surface area contributed by atoms with Gasteiger partial charge in [0.25, 0.3) is 0 Å². The summed E-state index contributed by atoms with van der Waals surface area (Å²) in [7, 11) is 0. The van der Waals surface area contributed by atoms with Crippen LogP contribution in [0.4, 0.5) is 15.4 Å². The average Bonchev–Trinajstić information content (AvgIpc) is 3.06. The molecule has 58 heavy (non-hydrogen) atoms. The number of amides is 2. The number of carbonyl (C=O) groups excluding carboxylic acids is 2. The summed E-state index contributed by atoms with van der Waals surface area (Å²) < 4.78 is 11.6. The highest BCUT2D eigenvalue weighted by Gasteiger charge is 2.38. The van der Waals surface area contributed by atoms with Crippen LogP contribution >= 0.6 is 15.9 Å². The van der Waals surface area contributed by atoms with Gasteiger partial charge in [-0.15, -0.1) is 0 Å². The third kappa shape index (κ3) is 19.2. The Kier molecular flexibility index (Phi) is 19.2. The van der Waals surface area contributed by atoms with Gasteiger partial charge in [-0.05, 0) is 161 Å². The molecular formula is C45H73BrN8O4. The molecule has 0 saturated carbocycles. The number of piperidine rings is 2. The van der Waals surface area contributed by atoms with Gasteiger partial charge < -0.3 is 29.5 Å². The molecule has 0 atom stereocenters. The number of nitriles is 2. The fraction of sp³-hybridized carbons (Fsp3) is 0.689. The van der Waals surface area contributed by atoms with E-state index in [1.807, 2.05) is 58.6 Å². The van der Waals surface area contributed by atoms with Crippen molar-refractivity contribution in [3.8, 4) is 12.1 Å². The third-order valence-corrected chi connectivity index (χ3v) is 9.87. The largest absolute Gasteiger partial charge is 0.444 e. The summed E-state index contributed by atoms with van der Waals surface area (Å²) in [6, 6.07) is 11.1. The lowest BCUT2D eigenvalue weighted by Gasteiger charge is -2.47. The second kappa shape index (κ2) is 21.4. The molecule has 5 heterocycles. The van der Waals surface area contributed by atoms with Crippen molar-refractivity contribution in [1.82, 2.24) is 25.1 Å². The van der Waals surface area contributed by atoms with Crippen LogP contribution in [-0.2, 0) is 9.47 Å². The Hall–Kier alpha value is -3.94. The number of nitrogens with zero attached hydrogens (tertiary/aromatic N) is 7. The van der Waals surface area contributed by atoms with Crippen molar-refractivity contribution in [3.63, 3.8) is 0 Å². The van der Waals surface area contributed by atoms with Gasteiger partial charge in [-0.3, -0.25) is 0 Å². The van der Waals surface area contributed by atoms with Crippen LogP contribution in [0.25, 0.3) is 0 Å². The smallest absolute Gasteiger partial charge is 0.410 e. The third-order valence-electron chi connectivity index (χ3n) is 9.40. The summed E-state index contributed by atoms with van der Waals surface area (Å²) in [6.45, 7) is 32.4. The van der Waals surface area contributed by atoms with Gasteiger partial charge in [-0.25, -0.2) is 19.6 Å². The Balaban J connectivity index is 0.000000414. The number of hydrogen-bond donors (Lipinski definition) is 1. The molecule has 1 N–H and O–H groups in total. The molecule has 0 aromatic carbocycles. The van der Waals surface area contributed by atoms with E-state index in [1.165, 1.54) is 31.9 Å². The first kappa shape index (κ1) is 52.1. The van der Waals surface area contributed by atoms with Crippen molar-refractivity contribution < 1.29 is 19.1 Å². The van der Waals surface area contributed by atoms with Crippen molar-refractivity contribution in [1.29, 1.82) is 10.5 Å². The Bertz CT molecular complexity index is 1670. The fourth-order valence-corrected chi connectivity index (χ4v) is 7.27. The molecule has 0 unspecified atom stereocenters. The van der Waals surface area contributed by atoms with E-state index in [0.29, 0.717) is 41.8 Å². The number of anilines is 1. The highest BCUT2D eigenvalue weighted by atomic mass is 79.9. The summed E-state index contributed by atoms with van der Waals surface area (Å²) in [6.07, 6.45) is 8.90. The maximum absolute atomic E-state index is 12.3. The molecule has 2 aromatic rings.